The second-order valence-electron chi connectivity index (χ2n) is 4.24. The van der Waals surface area contributed by atoms with Gasteiger partial charge < -0.3 is 5.32 Å². The minimum atomic E-state index is 0.239. The lowest BCUT2D eigenvalue weighted by Gasteiger charge is -2.19. The lowest BCUT2D eigenvalue weighted by molar-refractivity contribution is 0.608. The van der Waals surface area contributed by atoms with Crippen LogP contribution in [0.4, 0.5) is 0 Å². The van der Waals surface area contributed by atoms with Crippen LogP contribution in [0.1, 0.15) is 44.7 Å². The Hall–Kier alpha value is -1.55. The maximum atomic E-state index is 5.49. The zero-order valence-electron chi connectivity index (χ0n) is 11.3. The summed E-state index contributed by atoms with van der Waals surface area (Å²) in [6, 6.07) is 10.6. The maximum absolute atomic E-state index is 5.49. The number of guanidine groups is 1. The van der Waals surface area contributed by atoms with Gasteiger partial charge in [-0.25, -0.2) is 5.84 Å². The van der Waals surface area contributed by atoms with Gasteiger partial charge in [-0.3, -0.25) is 10.4 Å². The van der Waals surface area contributed by atoms with Crippen LogP contribution >= 0.6 is 0 Å². The molecule has 1 aromatic rings. The first kappa shape index (κ1) is 14.5. The zero-order valence-corrected chi connectivity index (χ0v) is 11.3. The molecule has 1 rings (SSSR count). The van der Waals surface area contributed by atoms with E-state index >= 15 is 0 Å². The molecule has 100 valence electrons. The van der Waals surface area contributed by atoms with Crippen LogP contribution in [-0.2, 0) is 0 Å². The quantitative estimate of drug-likeness (QED) is 0.238. The summed E-state index contributed by atoms with van der Waals surface area (Å²) in [6.45, 7) is 5.09. The predicted molar refractivity (Wildman–Crippen MR) is 77.1 cm³/mol. The zero-order chi connectivity index (χ0) is 13.2. The summed E-state index contributed by atoms with van der Waals surface area (Å²) < 4.78 is 0. The van der Waals surface area contributed by atoms with Crippen molar-refractivity contribution in [2.24, 2.45) is 10.8 Å². The Labute approximate surface area is 110 Å². The molecule has 0 radical (unpaired) electrons. The van der Waals surface area contributed by atoms with Crippen LogP contribution in [0.3, 0.4) is 0 Å². The number of nitrogens with two attached hydrogens (primary N) is 1. The molecule has 4 N–H and O–H groups in total. The topological polar surface area (TPSA) is 62.4 Å². The van der Waals surface area contributed by atoms with Gasteiger partial charge in [-0.1, -0.05) is 50.6 Å². The fourth-order valence-electron chi connectivity index (χ4n) is 1.75. The molecule has 0 aliphatic carbocycles. The SMILES string of the molecule is CCCCN=C(NN)NC(CC)c1ccccc1. The Kier molecular flexibility index (Phi) is 6.87. The van der Waals surface area contributed by atoms with Crippen molar-refractivity contribution in [3.63, 3.8) is 0 Å². The third kappa shape index (κ3) is 4.75. The van der Waals surface area contributed by atoms with Gasteiger partial charge in [-0.05, 0) is 18.4 Å². The molecule has 0 spiro atoms. The molecule has 18 heavy (non-hydrogen) atoms. The number of aliphatic imine (C=N–C) groups is 1. The number of rotatable bonds is 6. The summed E-state index contributed by atoms with van der Waals surface area (Å²) in [5.74, 6) is 6.16. The molecule has 0 amide bonds. The van der Waals surface area contributed by atoms with Crippen LogP contribution < -0.4 is 16.6 Å². The van der Waals surface area contributed by atoms with Crippen molar-refractivity contribution in [2.75, 3.05) is 6.54 Å². The number of nitrogens with one attached hydrogen (secondary N) is 2. The Morgan fingerprint density at radius 2 is 2.00 bits per heavy atom. The van der Waals surface area contributed by atoms with Crippen LogP contribution in [0.15, 0.2) is 35.3 Å². The van der Waals surface area contributed by atoms with Crippen LogP contribution in [-0.4, -0.2) is 12.5 Å². The molecule has 0 aliphatic heterocycles. The van der Waals surface area contributed by atoms with Crippen LogP contribution in [0.5, 0.6) is 0 Å². The van der Waals surface area contributed by atoms with E-state index in [2.05, 4.69) is 41.7 Å². The highest BCUT2D eigenvalue weighted by Gasteiger charge is 2.09. The van der Waals surface area contributed by atoms with Gasteiger partial charge in [0.25, 0.3) is 0 Å². The molecular weight excluding hydrogens is 224 g/mol. The molecule has 0 fully saturated rings. The molecule has 0 saturated heterocycles. The van der Waals surface area contributed by atoms with Crippen molar-refractivity contribution in [1.29, 1.82) is 0 Å². The van der Waals surface area contributed by atoms with E-state index in [-0.39, 0.29) is 6.04 Å². The highest BCUT2D eigenvalue weighted by Crippen LogP contribution is 2.15. The monoisotopic (exact) mass is 248 g/mol. The standard InChI is InChI=1S/C14H24N4/c1-3-5-11-16-14(18-15)17-13(4-2)12-9-7-6-8-10-12/h6-10,13H,3-5,11,15H2,1-2H3,(H2,16,17,18). The number of benzene rings is 1. The van der Waals surface area contributed by atoms with Gasteiger partial charge in [0, 0.05) is 6.54 Å². The molecule has 4 heteroatoms. The van der Waals surface area contributed by atoms with E-state index in [9.17, 15) is 0 Å². The van der Waals surface area contributed by atoms with Crippen molar-refractivity contribution in [3.8, 4) is 0 Å². The smallest absolute Gasteiger partial charge is 0.206 e. The molecule has 1 atom stereocenters. The fourth-order valence-corrected chi connectivity index (χ4v) is 1.75. The van der Waals surface area contributed by atoms with Gasteiger partial charge in [0.05, 0.1) is 6.04 Å². The third-order valence-corrected chi connectivity index (χ3v) is 2.84. The van der Waals surface area contributed by atoms with Crippen LogP contribution in [0.2, 0.25) is 0 Å². The molecule has 4 nitrogen and oxygen atoms in total. The van der Waals surface area contributed by atoms with E-state index in [4.69, 9.17) is 5.84 Å². The molecule has 0 aliphatic rings. The molecule has 0 aromatic heterocycles. The van der Waals surface area contributed by atoms with E-state index in [1.54, 1.807) is 0 Å². The van der Waals surface area contributed by atoms with Crippen molar-refractivity contribution in [2.45, 2.75) is 39.2 Å². The van der Waals surface area contributed by atoms with Gasteiger partial charge >= 0.3 is 0 Å². The molecule has 0 bridgehead atoms. The van der Waals surface area contributed by atoms with E-state index in [0.29, 0.717) is 5.96 Å². The third-order valence-electron chi connectivity index (χ3n) is 2.84. The Morgan fingerprint density at radius 1 is 1.28 bits per heavy atom. The predicted octanol–water partition coefficient (Wildman–Crippen LogP) is 2.35. The normalized spacial score (nSPS) is 13.2. The van der Waals surface area contributed by atoms with Crippen LogP contribution in [0, 0.1) is 0 Å². The summed E-state index contributed by atoms with van der Waals surface area (Å²) >= 11 is 0. The maximum Gasteiger partial charge on any atom is 0.206 e. The van der Waals surface area contributed by atoms with Gasteiger partial charge in [0.1, 0.15) is 0 Å². The minimum Gasteiger partial charge on any atom is -0.349 e. The Balaban J connectivity index is 2.63. The highest BCUT2D eigenvalue weighted by atomic mass is 15.3. The molecule has 0 saturated carbocycles. The van der Waals surface area contributed by atoms with Crippen molar-refractivity contribution >= 4 is 5.96 Å². The number of unbranched alkanes of at least 4 members (excludes halogenated alkanes) is 1. The fraction of sp³-hybridized carbons (Fsp3) is 0.500. The second kappa shape index (κ2) is 8.53. The van der Waals surface area contributed by atoms with Gasteiger partial charge in [0.2, 0.25) is 5.96 Å². The summed E-state index contributed by atoms with van der Waals surface area (Å²) in [5, 5.41) is 3.34. The van der Waals surface area contributed by atoms with E-state index < -0.39 is 0 Å². The summed E-state index contributed by atoms with van der Waals surface area (Å²) in [4.78, 5) is 4.41. The average Bonchev–Trinajstić information content (AvgIpc) is 2.43. The molecule has 1 aromatic carbocycles. The van der Waals surface area contributed by atoms with Gasteiger partial charge in [-0.15, -0.1) is 0 Å². The Morgan fingerprint density at radius 3 is 2.56 bits per heavy atom. The van der Waals surface area contributed by atoms with Crippen molar-refractivity contribution < 1.29 is 0 Å². The highest BCUT2D eigenvalue weighted by molar-refractivity contribution is 5.79. The van der Waals surface area contributed by atoms with E-state index in [1.807, 2.05) is 18.2 Å². The minimum absolute atomic E-state index is 0.239. The lowest BCUT2D eigenvalue weighted by atomic mass is 10.1. The largest absolute Gasteiger partial charge is 0.349 e. The van der Waals surface area contributed by atoms with Gasteiger partial charge in [-0.2, -0.15) is 0 Å². The van der Waals surface area contributed by atoms with E-state index in [0.717, 1.165) is 25.8 Å². The number of hydrogen-bond donors (Lipinski definition) is 3. The number of hydrogen-bond acceptors (Lipinski definition) is 2. The van der Waals surface area contributed by atoms with Crippen molar-refractivity contribution in [1.82, 2.24) is 10.7 Å². The molecular formula is C14H24N4. The average molecular weight is 248 g/mol. The Bertz CT molecular complexity index is 348. The first-order valence-corrected chi connectivity index (χ1v) is 6.64. The van der Waals surface area contributed by atoms with Crippen molar-refractivity contribution in [3.05, 3.63) is 35.9 Å². The summed E-state index contributed by atoms with van der Waals surface area (Å²) in [6.07, 6.45) is 3.20. The second-order valence-corrected chi connectivity index (χ2v) is 4.24. The van der Waals surface area contributed by atoms with Crippen LogP contribution in [0.25, 0.3) is 0 Å². The summed E-state index contributed by atoms with van der Waals surface area (Å²) in [5.41, 5.74) is 3.88. The first-order valence-electron chi connectivity index (χ1n) is 6.64. The molecule has 1 unspecified atom stereocenters. The molecule has 0 heterocycles. The van der Waals surface area contributed by atoms with Gasteiger partial charge in [0.15, 0.2) is 0 Å². The number of nitrogens with zero attached hydrogens (tertiary/aromatic N) is 1. The summed E-state index contributed by atoms with van der Waals surface area (Å²) in [7, 11) is 0. The number of hydrazine groups is 1. The lowest BCUT2D eigenvalue weighted by Crippen LogP contribution is -2.43. The first-order chi connectivity index (χ1) is 8.81. The van der Waals surface area contributed by atoms with E-state index in [1.165, 1.54) is 5.56 Å².